The Kier molecular flexibility index (Phi) is 6.98. The molecule has 2 nitrogen and oxygen atoms in total. The van der Waals surface area contributed by atoms with E-state index in [-0.39, 0.29) is 0 Å². The predicted octanol–water partition coefficient (Wildman–Crippen LogP) is 3.12. The summed E-state index contributed by atoms with van der Waals surface area (Å²) in [5.74, 6) is 1.00. The van der Waals surface area contributed by atoms with E-state index in [1.807, 2.05) is 6.07 Å². The summed E-state index contributed by atoms with van der Waals surface area (Å²) in [6.45, 7) is 5.27. The maximum Gasteiger partial charge on any atom is 0.119 e. The van der Waals surface area contributed by atoms with E-state index in [1.54, 1.807) is 4.90 Å². The standard InChI is InChI=1S/C20H27NO/c1-3-18-12-9-13-20(16-18)22-15-8-7-14-21(2)17-19-10-5-4-6-11-19/h4-6,9-13,16H,3,7-8,14-15,17H2,1-2H3/p+1. The zero-order chi connectivity index (χ0) is 15.6. The van der Waals surface area contributed by atoms with Gasteiger partial charge in [0.1, 0.15) is 12.3 Å². The van der Waals surface area contributed by atoms with Gasteiger partial charge in [0.15, 0.2) is 0 Å². The summed E-state index contributed by atoms with van der Waals surface area (Å²) in [5.41, 5.74) is 2.75. The van der Waals surface area contributed by atoms with Gasteiger partial charge in [0.05, 0.1) is 20.2 Å². The molecule has 0 aliphatic rings. The van der Waals surface area contributed by atoms with Crippen LogP contribution in [0.25, 0.3) is 0 Å². The second-order valence-corrected chi connectivity index (χ2v) is 5.93. The van der Waals surface area contributed by atoms with Crippen molar-refractivity contribution in [1.82, 2.24) is 0 Å². The van der Waals surface area contributed by atoms with Crippen LogP contribution in [0.1, 0.15) is 30.9 Å². The van der Waals surface area contributed by atoms with Crippen molar-refractivity contribution in [1.29, 1.82) is 0 Å². The fourth-order valence-corrected chi connectivity index (χ4v) is 2.61. The lowest BCUT2D eigenvalue weighted by molar-refractivity contribution is -0.894. The largest absolute Gasteiger partial charge is 0.494 e. The molecule has 2 aromatic rings. The topological polar surface area (TPSA) is 13.7 Å². The van der Waals surface area contributed by atoms with Crippen molar-refractivity contribution in [2.75, 3.05) is 20.2 Å². The van der Waals surface area contributed by atoms with E-state index < -0.39 is 0 Å². The van der Waals surface area contributed by atoms with Gasteiger partial charge in [0.2, 0.25) is 0 Å². The van der Waals surface area contributed by atoms with Gasteiger partial charge in [0.25, 0.3) is 0 Å². The Bertz CT molecular complexity index is 538. The molecular formula is C20H28NO+. The minimum Gasteiger partial charge on any atom is -0.494 e. The number of benzene rings is 2. The van der Waals surface area contributed by atoms with Crippen LogP contribution in [0, 0.1) is 0 Å². The smallest absolute Gasteiger partial charge is 0.119 e. The first-order chi connectivity index (χ1) is 10.8. The fourth-order valence-electron chi connectivity index (χ4n) is 2.61. The monoisotopic (exact) mass is 298 g/mol. The lowest BCUT2D eigenvalue weighted by atomic mass is 10.2. The molecule has 1 unspecified atom stereocenters. The van der Waals surface area contributed by atoms with Gasteiger partial charge in [-0.25, -0.2) is 0 Å². The molecule has 118 valence electrons. The Morgan fingerprint density at radius 3 is 2.45 bits per heavy atom. The molecule has 0 spiro atoms. The Hall–Kier alpha value is -1.80. The van der Waals surface area contributed by atoms with Crippen LogP contribution in [0.5, 0.6) is 5.75 Å². The third-order valence-electron chi connectivity index (χ3n) is 3.92. The van der Waals surface area contributed by atoms with Gasteiger partial charge < -0.3 is 9.64 Å². The van der Waals surface area contributed by atoms with Crippen LogP contribution in [-0.4, -0.2) is 20.2 Å². The molecule has 0 heterocycles. The Balaban J connectivity index is 1.60. The summed E-state index contributed by atoms with van der Waals surface area (Å²) in [6, 6.07) is 19.1. The number of aryl methyl sites for hydroxylation is 1. The van der Waals surface area contributed by atoms with Crippen molar-refractivity contribution >= 4 is 0 Å². The summed E-state index contributed by atoms with van der Waals surface area (Å²) in [6.07, 6.45) is 3.37. The SMILES string of the molecule is CCc1cccc(OCCCC[NH+](C)Cc2ccccc2)c1. The van der Waals surface area contributed by atoms with Gasteiger partial charge in [-0.05, 0) is 37.0 Å². The number of ether oxygens (including phenoxy) is 1. The molecule has 2 rings (SSSR count). The number of unbranched alkanes of at least 4 members (excludes halogenated alkanes) is 1. The highest BCUT2D eigenvalue weighted by Crippen LogP contribution is 2.13. The number of nitrogens with one attached hydrogen (secondary N) is 1. The average Bonchev–Trinajstić information content (AvgIpc) is 2.55. The molecule has 1 atom stereocenters. The molecular weight excluding hydrogens is 270 g/mol. The summed E-state index contributed by atoms with van der Waals surface area (Å²) < 4.78 is 5.84. The van der Waals surface area contributed by atoms with Crippen molar-refractivity contribution in [3.05, 3.63) is 65.7 Å². The lowest BCUT2D eigenvalue weighted by Gasteiger charge is -2.14. The molecule has 2 heteroatoms. The van der Waals surface area contributed by atoms with E-state index in [0.717, 1.165) is 31.7 Å². The Morgan fingerprint density at radius 2 is 1.68 bits per heavy atom. The van der Waals surface area contributed by atoms with Gasteiger partial charge in [-0.1, -0.05) is 49.4 Å². The normalized spacial score (nSPS) is 12.1. The zero-order valence-corrected chi connectivity index (χ0v) is 13.8. The van der Waals surface area contributed by atoms with E-state index in [1.165, 1.54) is 24.1 Å². The van der Waals surface area contributed by atoms with Crippen LogP contribution < -0.4 is 9.64 Å². The molecule has 0 fully saturated rings. The van der Waals surface area contributed by atoms with E-state index >= 15 is 0 Å². The van der Waals surface area contributed by atoms with Crippen LogP contribution >= 0.6 is 0 Å². The lowest BCUT2D eigenvalue weighted by Crippen LogP contribution is -3.07. The highest BCUT2D eigenvalue weighted by Gasteiger charge is 2.03. The van der Waals surface area contributed by atoms with Gasteiger partial charge in [-0.15, -0.1) is 0 Å². The number of hydrogen-bond acceptors (Lipinski definition) is 1. The van der Waals surface area contributed by atoms with E-state index in [9.17, 15) is 0 Å². The molecule has 0 saturated heterocycles. The van der Waals surface area contributed by atoms with Crippen LogP contribution in [0.3, 0.4) is 0 Å². The summed E-state index contributed by atoms with van der Waals surface area (Å²) in [7, 11) is 2.26. The van der Waals surface area contributed by atoms with Crippen LogP contribution in [-0.2, 0) is 13.0 Å². The third kappa shape index (κ3) is 5.90. The minimum absolute atomic E-state index is 0.811. The Morgan fingerprint density at radius 1 is 0.909 bits per heavy atom. The highest BCUT2D eigenvalue weighted by atomic mass is 16.5. The third-order valence-corrected chi connectivity index (χ3v) is 3.92. The fraction of sp³-hybridized carbons (Fsp3) is 0.400. The number of rotatable bonds is 9. The molecule has 0 bridgehead atoms. The minimum atomic E-state index is 0.811. The number of hydrogen-bond donors (Lipinski definition) is 1. The van der Waals surface area contributed by atoms with Crippen LogP contribution in [0.15, 0.2) is 54.6 Å². The first kappa shape index (κ1) is 16.6. The van der Waals surface area contributed by atoms with Gasteiger partial charge in [-0.2, -0.15) is 0 Å². The average molecular weight is 298 g/mol. The quantitative estimate of drug-likeness (QED) is 0.702. The molecule has 0 aliphatic heterocycles. The maximum absolute atomic E-state index is 5.84. The van der Waals surface area contributed by atoms with Gasteiger partial charge in [-0.3, -0.25) is 0 Å². The molecule has 0 radical (unpaired) electrons. The first-order valence-corrected chi connectivity index (χ1v) is 8.35. The predicted molar refractivity (Wildman–Crippen MR) is 92.4 cm³/mol. The van der Waals surface area contributed by atoms with Crippen molar-refractivity contribution in [3.8, 4) is 5.75 Å². The molecule has 1 N–H and O–H groups in total. The molecule has 2 aromatic carbocycles. The van der Waals surface area contributed by atoms with Gasteiger partial charge in [0, 0.05) is 5.56 Å². The van der Waals surface area contributed by atoms with Crippen molar-refractivity contribution < 1.29 is 9.64 Å². The maximum atomic E-state index is 5.84. The molecule has 0 aromatic heterocycles. The van der Waals surface area contributed by atoms with Crippen LogP contribution in [0.4, 0.5) is 0 Å². The first-order valence-electron chi connectivity index (χ1n) is 8.35. The van der Waals surface area contributed by atoms with Crippen molar-refractivity contribution in [2.45, 2.75) is 32.7 Å². The summed E-state index contributed by atoms with van der Waals surface area (Å²) in [5, 5.41) is 0. The molecule has 22 heavy (non-hydrogen) atoms. The van der Waals surface area contributed by atoms with Crippen molar-refractivity contribution in [2.24, 2.45) is 0 Å². The van der Waals surface area contributed by atoms with E-state index in [4.69, 9.17) is 4.74 Å². The summed E-state index contributed by atoms with van der Waals surface area (Å²) in [4.78, 5) is 1.55. The molecule has 0 amide bonds. The second kappa shape index (κ2) is 9.26. The van der Waals surface area contributed by atoms with E-state index in [0.29, 0.717) is 0 Å². The molecule has 0 aliphatic carbocycles. The Labute approximate surface area is 134 Å². The number of quaternary nitrogens is 1. The summed E-state index contributed by atoms with van der Waals surface area (Å²) >= 11 is 0. The zero-order valence-electron chi connectivity index (χ0n) is 13.8. The highest BCUT2D eigenvalue weighted by molar-refractivity contribution is 5.28. The van der Waals surface area contributed by atoms with E-state index in [2.05, 4.69) is 62.5 Å². The van der Waals surface area contributed by atoms with Gasteiger partial charge >= 0.3 is 0 Å². The molecule has 0 saturated carbocycles. The van der Waals surface area contributed by atoms with Crippen LogP contribution in [0.2, 0.25) is 0 Å². The van der Waals surface area contributed by atoms with Crippen molar-refractivity contribution in [3.63, 3.8) is 0 Å². The second-order valence-electron chi connectivity index (χ2n) is 5.93.